The number of benzene rings is 4. The summed E-state index contributed by atoms with van der Waals surface area (Å²) in [6, 6.07) is 25.1. The van der Waals surface area contributed by atoms with Gasteiger partial charge in [0.1, 0.15) is 24.2 Å². The molecule has 0 amide bonds. The number of para-hydroxylation sites is 1. The molecule has 1 saturated heterocycles. The highest BCUT2D eigenvalue weighted by molar-refractivity contribution is 6.32. The molecule has 0 aliphatic carbocycles. The molecule has 6 rings (SSSR count). The number of halogens is 1. The highest BCUT2D eigenvalue weighted by Gasteiger charge is 2.15. The lowest BCUT2D eigenvalue weighted by Crippen LogP contribution is -2.38. The largest absolute Gasteiger partial charge is 0.493 e. The summed E-state index contributed by atoms with van der Waals surface area (Å²) >= 11 is 6.58. The van der Waals surface area contributed by atoms with Gasteiger partial charge in [0, 0.05) is 36.9 Å². The Balaban J connectivity index is 1.30. The SMILES string of the molecule is COc1cc2cc3ncc(C#N)c(Nc4ccc(Oc5ccccc5)c(Cl)c4)c3cc2cc1OCCN1CCOCC1. The van der Waals surface area contributed by atoms with Crippen LogP contribution in [0.3, 0.4) is 0 Å². The zero-order chi connectivity index (χ0) is 28.9. The molecule has 0 radical (unpaired) electrons. The summed E-state index contributed by atoms with van der Waals surface area (Å²) in [7, 11) is 1.64. The number of aromatic nitrogens is 1. The zero-order valence-electron chi connectivity index (χ0n) is 23.1. The van der Waals surface area contributed by atoms with Crippen LogP contribution in [-0.2, 0) is 4.74 Å². The fraction of sp³-hybridized carbons (Fsp3) is 0.212. The molecular weight excluding hydrogens is 552 g/mol. The van der Waals surface area contributed by atoms with E-state index in [2.05, 4.69) is 21.3 Å². The predicted octanol–water partition coefficient (Wildman–Crippen LogP) is 7.17. The molecule has 0 saturated carbocycles. The molecule has 8 nitrogen and oxygen atoms in total. The number of morpholine rings is 1. The lowest BCUT2D eigenvalue weighted by atomic mass is 10.0. The first kappa shape index (κ1) is 27.6. The number of methoxy groups -OCH3 is 1. The van der Waals surface area contributed by atoms with Crippen molar-refractivity contribution in [3.05, 3.63) is 89.6 Å². The van der Waals surface area contributed by atoms with Crippen molar-refractivity contribution in [3.63, 3.8) is 0 Å². The molecule has 1 N–H and O–H groups in total. The number of nitrogens with one attached hydrogen (secondary N) is 1. The lowest BCUT2D eigenvalue weighted by Gasteiger charge is -2.26. The first-order valence-electron chi connectivity index (χ1n) is 13.7. The third-order valence-electron chi connectivity index (χ3n) is 7.17. The number of hydrogen-bond donors (Lipinski definition) is 1. The maximum atomic E-state index is 9.92. The summed E-state index contributed by atoms with van der Waals surface area (Å²) < 4.78 is 23.2. The van der Waals surface area contributed by atoms with E-state index in [9.17, 15) is 5.26 Å². The number of nitriles is 1. The van der Waals surface area contributed by atoms with Gasteiger partial charge in [0.05, 0.1) is 42.1 Å². The van der Waals surface area contributed by atoms with Crippen LogP contribution in [0, 0.1) is 11.3 Å². The number of anilines is 2. The van der Waals surface area contributed by atoms with Crippen LogP contribution in [0.2, 0.25) is 5.02 Å². The molecule has 212 valence electrons. The monoisotopic (exact) mass is 580 g/mol. The van der Waals surface area contributed by atoms with Gasteiger partial charge >= 0.3 is 0 Å². The number of fused-ring (bicyclic) bond motifs is 2. The van der Waals surface area contributed by atoms with Gasteiger partial charge in [-0.05, 0) is 65.4 Å². The molecule has 4 aromatic carbocycles. The second kappa shape index (κ2) is 12.5. The van der Waals surface area contributed by atoms with E-state index in [1.54, 1.807) is 25.4 Å². The van der Waals surface area contributed by atoms with Crippen LogP contribution in [0.25, 0.3) is 21.7 Å². The minimum atomic E-state index is 0.415. The molecular formula is C33H29ClN4O4. The number of nitrogens with zero attached hydrogens (tertiary/aromatic N) is 3. The fourth-order valence-electron chi connectivity index (χ4n) is 4.97. The van der Waals surface area contributed by atoms with Gasteiger partial charge < -0.3 is 24.3 Å². The van der Waals surface area contributed by atoms with Crippen molar-refractivity contribution < 1.29 is 18.9 Å². The molecule has 1 aromatic heterocycles. The predicted molar refractivity (Wildman–Crippen MR) is 165 cm³/mol. The molecule has 1 aliphatic rings. The molecule has 5 aromatic rings. The van der Waals surface area contributed by atoms with Crippen molar-refractivity contribution in [3.8, 4) is 29.1 Å². The van der Waals surface area contributed by atoms with Gasteiger partial charge in [-0.15, -0.1) is 0 Å². The summed E-state index contributed by atoms with van der Waals surface area (Å²) in [6.07, 6.45) is 1.57. The highest BCUT2D eigenvalue weighted by Crippen LogP contribution is 2.38. The van der Waals surface area contributed by atoms with E-state index in [1.807, 2.05) is 60.7 Å². The van der Waals surface area contributed by atoms with Gasteiger partial charge in [0.15, 0.2) is 11.5 Å². The minimum absolute atomic E-state index is 0.415. The summed E-state index contributed by atoms with van der Waals surface area (Å²) in [4.78, 5) is 6.89. The van der Waals surface area contributed by atoms with Gasteiger partial charge in [-0.1, -0.05) is 29.8 Å². The number of rotatable bonds is 9. The summed E-state index contributed by atoms with van der Waals surface area (Å²) in [5.41, 5.74) is 2.51. The molecule has 1 fully saturated rings. The first-order chi connectivity index (χ1) is 20.6. The normalized spacial score (nSPS) is 13.5. The Bertz CT molecular complexity index is 1770. The van der Waals surface area contributed by atoms with Crippen LogP contribution in [0.1, 0.15) is 5.56 Å². The van der Waals surface area contributed by atoms with Crippen molar-refractivity contribution in [2.24, 2.45) is 0 Å². The Morgan fingerprint density at radius 1 is 0.976 bits per heavy atom. The zero-order valence-corrected chi connectivity index (χ0v) is 23.9. The van der Waals surface area contributed by atoms with E-state index < -0.39 is 0 Å². The molecule has 2 heterocycles. The number of hydrogen-bond acceptors (Lipinski definition) is 8. The summed E-state index contributed by atoms with van der Waals surface area (Å²) in [5, 5.41) is 16.5. The van der Waals surface area contributed by atoms with Crippen molar-refractivity contribution in [2.45, 2.75) is 0 Å². The van der Waals surface area contributed by atoms with Crippen LogP contribution >= 0.6 is 11.6 Å². The van der Waals surface area contributed by atoms with Gasteiger partial charge in [-0.25, -0.2) is 0 Å². The first-order valence-corrected chi connectivity index (χ1v) is 14.1. The van der Waals surface area contributed by atoms with Gasteiger partial charge in [0.2, 0.25) is 0 Å². The quantitative estimate of drug-likeness (QED) is 0.184. The highest BCUT2D eigenvalue weighted by atomic mass is 35.5. The van der Waals surface area contributed by atoms with Crippen LogP contribution in [0.5, 0.6) is 23.0 Å². The molecule has 0 atom stereocenters. The van der Waals surface area contributed by atoms with Gasteiger partial charge in [-0.2, -0.15) is 5.26 Å². The van der Waals surface area contributed by atoms with Crippen LogP contribution < -0.4 is 19.5 Å². The van der Waals surface area contributed by atoms with Gasteiger partial charge in [0.25, 0.3) is 0 Å². The Hall–Kier alpha value is -4.55. The lowest BCUT2D eigenvalue weighted by molar-refractivity contribution is 0.0321. The fourth-order valence-corrected chi connectivity index (χ4v) is 5.19. The van der Waals surface area contributed by atoms with Crippen molar-refractivity contribution in [2.75, 3.05) is 51.9 Å². The van der Waals surface area contributed by atoms with E-state index in [1.165, 1.54) is 0 Å². The molecule has 42 heavy (non-hydrogen) atoms. The van der Waals surface area contributed by atoms with Crippen molar-refractivity contribution in [1.82, 2.24) is 9.88 Å². The average Bonchev–Trinajstić information content (AvgIpc) is 3.02. The molecule has 0 spiro atoms. The van der Waals surface area contributed by atoms with Gasteiger partial charge in [-0.3, -0.25) is 9.88 Å². The standard InChI is InChI=1S/C33H29ClN4O4/c1-39-31-17-23-16-29-27(15-22(23)18-32(31)41-14-11-38-9-12-40-13-10-38)33(24(20-35)21-36-29)37-25-7-8-30(28(34)19-25)42-26-5-3-2-4-6-26/h2-8,15-19,21H,9-14H2,1H3,(H,36,37). The average molecular weight is 581 g/mol. The van der Waals surface area contributed by atoms with E-state index in [4.69, 9.17) is 30.5 Å². The molecule has 0 unspecified atom stereocenters. The van der Waals surface area contributed by atoms with Crippen LogP contribution in [0.4, 0.5) is 11.4 Å². The van der Waals surface area contributed by atoms with E-state index in [0.29, 0.717) is 51.6 Å². The van der Waals surface area contributed by atoms with E-state index in [0.717, 1.165) is 54.5 Å². The topological polar surface area (TPSA) is 88.9 Å². The summed E-state index contributed by atoms with van der Waals surface area (Å²) in [5.74, 6) is 2.55. The maximum absolute atomic E-state index is 9.92. The molecule has 9 heteroatoms. The third-order valence-corrected chi connectivity index (χ3v) is 7.47. The van der Waals surface area contributed by atoms with E-state index in [-0.39, 0.29) is 0 Å². The van der Waals surface area contributed by atoms with Crippen molar-refractivity contribution >= 4 is 44.7 Å². The number of pyridine rings is 1. The minimum Gasteiger partial charge on any atom is -0.493 e. The number of ether oxygens (including phenoxy) is 4. The Labute approximate surface area is 249 Å². The Kier molecular flexibility index (Phi) is 8.24. The smallest absolute Gasteiger partial charge is 0.161 e. The van der Waals surface area contributed by atoms with E-state index >= 15 is 0 Å². The van der Waals surface area contributed by atoms with Crippen molar-refractivity contribution in [1.29, 1.82) is 5.26 Å². The molecule has 1 aliphatic heterocycles. The Morgan fingerprint density at radius 2 is 1.76 bits per heavy atom. The second-order valence-corrected chi connectivity index (χ2v) is 10.3. The third kappa shape index (κ3) is 6.04. The second-order valence-electron chi connectivity index (χ2n) is 9.87. The maximum Gasteiger partial charge on any atom is 0.161 e. The van der Waals surface area contributed by atoms with Crippen LogP contribution in [0.15, 0.2) is 79.0 Å². The Morgan fingerprint density at radius 3 is 2.52 bits per heavy atom. The van der Waals surface area contributed by atoms with Crippen LogP contribution in [-0.4, -0.2) is 56.4 Å². The summed E-state index contributed by atoms with van der Waals surface area (Å²) in [6.45, 7) is 4.65. The molecule has 0 bridgehead atoms.